The van der Waals surface area contributed by atoms with E-state index in [1.807, 2.05) is 0 Å². The van der Waals surface area contributed by atoms with Gasteiger partial charge in [-0.15, -0.1) is 0 Å². The van der Waals surface area contributed by atoms with Gasteiger partial charge in [0.25, 0.3) is 0 Å². The fourth-order valence-corrected chi connectivity index (χ4v) is 1.97. The Labute approximate surface area is 121 Å². The van der Waals surface area contributed by atoms with Gasteiger partial charge in [0.2, 0.25) is 0 Å². The van der Waals surface area contributed by atoms with Crippen LogP contribution in [0.1, 0.15) is 68.1 Å². The van der Waals surface area contributed by atoms with Crippen molar-refractivity contribution < 1.29 is 14.1 Å². The van der Waals surface area contributed by atoms with Gasteiger partial charge in [0.15, 0.2) is 12.0 Å². The van der Waals surface area contributed by atoms with E-state index < -0.39 is 0 Å². The van der Waals surface area contributed by atoms with E-state index in [1.54, 1.807) is 6.07 Å². The first-order chi connectivity index (χ1) is 9.86. The summed E-state index contributed by atoms with van der Waals surface area (Å²) in [5.41, 5.74) is 0.321. The summed E-state index contributed by atoms with van der Waals surface area (Å²) in [4.78, 5) is 10.4. The van der Waals surface area contributed by atoms with E-state index >= 15 is 0 Å². The molecule has 0 aromatic carbocycles. The molecule has 0 bridgehead atoms. The Morgan fingerprint density at radius 2 is 1.95 bits per heavy atom. The summed E-state index contributed by atoms with van der Waals surface area (Å²) < 4.78 is 10.4. The molecule has 0 atom stereocenters. The molecule has 0 amide bonds. The molecule has 0 spiro atoms. The van der Waals surface area contributed by atoms with Crippen LogP contribution in [-0.4, -0.2) is 18.0 Å². The average molecular weight is 279 g/mol. The van der Waals surface area contributed by atoms with Crippen LogP contribution in [0.15, 0.2) is 22.7 Å². The van der Waals surface area contributed by atoms with Crippen molar-refractivity contribution in [3.63, 3.8) is 0 Å². The number of unbranched alkanes of at least 4 members (excludes halogenated alkanes) is 6. The number of rotatable bonds is 12. The average Bonchev–Trinajstić information content (AvgIpc) is 2.93. The quantitative estimate of drug-likeness (QED) is 0.325. The molecule has 0 radical (unpaired) electrons. The third-order valence-corrected chi connectivity index (χ3v) is 3.09. The van der Waals surface area contributed by atoms with E-state index in [0.29, 0.717) is 24.3 Å². The molecule has 0 aliphatic rings. The maximum absolute atomic E-state index is 10.4. The molecule has 1 rings (SSSR count). The van der Waals surface area contributed by atoms with Gasteiger partial charge in [0.05, 0.1) is 0 Å². The van der Waals surface area contributed by atoms with E-state index in [-0.39, 0.29) is 0 Å². The SMILES string of the molecule is C/C=C\CCCCCCCCOCc1cc(C=O)no1. The summed E-state index contributed by atoms with van der Waals surface area (Å²) in [5, 5.41) is 3.58. The molecule has 0 fully saturated rings. The molecule has 1 aromatic rings. The molecule has 0 N–H and O–H groups in total. The second-order valence-electron chi connectivity index (χ2n) is 4.87. The second-order valence-corrected chi connectivity index (χ2v) is 4.87. The van der Waals surface area contributed by atoms with Gasteiger partial charge in [0.1, 0.15) is 12.3 Å². The smallest absolute Gasteiger partial charge is 0.171 e. The Morgan fingerprint density at radius 1 is 1.20 bits per heavy atom. The first-order valence-electron chi connectivity index (χ1n) is 7.46. The lowest BCUT2D eigenvalue weighted by Gasteiger charge is -2.02. The molecule has 0 saturated heterocycles. The molecule has 0 aliphatic carbocycles. The largest absolute Gasteiger partial charge is 0.373 e. The van der Waals surface area contributed by atoms with Gasteiger partial charge < -0.3 is 9.26 Å². The van der Waals surface area contributed by atoms with Crippen LogP contribution in [0, 0.1) is 0 Å². The molecule has 1 heterocycles. The summed E-state index contributed by atoms with van der Waals surface area (Å²) in [6.07, 6.45) is 13.7. The summed E-state index contributed by atoms with van der Waals surface area (Å²) >= 11 is 0. The highest BCUT2D eigenvalue weighted by Gasteiger charge is 2.02. The molecule has 0 unspecified atom stereocenters. The standard InChI is InChI=1S/C16H25NO3/c1-2-3-4-5-6-7-8-9-10-11-19-14-16-12-15(13-18)17-20-16/h2-3,12-13H,4-11,14H2,1H3/b3-2-. The lowest BCUT2D eigenvalue weighted by Crippen LogP contribution is -1.94. The maximum Gasteiger partial charge on any atom is 0.171 e. The summed E-state index contributed by atoms with van der Waals surface area (Å²) in [6, 6.07) is 1.61. The molecular weight excluding hydrogens is 254 g/mol. The molecule has 112 valence electrons. The van der Waals surface area contributed by atoms with E-state index in [2.05, 4.69) is 24.2 Å². The number of allylic oxidation sites excluding steroid dienone is 2. The van der Waals surface area contributed by atoms with Gasteiger partial charge in [-0.25, -0.2) is 0 Å². The molecule has 4 nitrogen and oxygen atoms in total. The number of hydrogen-bond donors (Lipinski definition) is 0. The van der Waals surface area contributed by atoms with Crippen LogP contribution in [0.2, 0.25) is 0 Å². The highest BCUT2D eigenvalue weighted by molar-refractivity contribution is 5.71. The van der Waals surface area contributed by atoms with Crippen LogP contribution in [0.4, 0.5) is 0 Å². The van der Waals surface area contributed by atoms with Crippen molar-refractivity contribution >= 4 is 6.29 Å². The van der Waals surface area contributed by atoms with Gasteiger partial charge >= 0.3 is 0 Å². The predicted octanol–water partition coefficient (Wildman–Crippen LogP) is 4.31. The second kappa shape index (κ2) is 11.4. The summed E-state index contributed by atoms with van der Waals surface area (Å²) in [6.45, 7) is 3.19. The van der Waals surface area contributed by atoms with Crippen LogP contribution in [0.25, 0.3) is 0 Å². The number of hydrogen-bond acceptors (Lipinski definition) is 4. The highest BCUT2D eigenvalue weighted by Crippen LogP contribution is 2.08. The predicted molar refractivity (Wildman–Crippen MR) is 78.7 cm³/mol. The van der Waals surface area contributed by atoms with Crippen LogP contribution in [0.3, 0.4) is 0 Å². The Hall–Kier alpha value is -1.42. The maximum atomic E-state index is 10.4. The van der Waals surface area contributed by atoms with Crippen molar-refractivity contribution in [2.75, 3.05) is 6.61 Å². The van der Waals surface area contributed by atoms with Gasteiger partial charge in [-0.2, -0.15) is 0 Å². The molecule has 1 aromatic heterocycles. The molecule has 4 heteroatoms. The van der Waals surface area contributed by atoms with Crippen molar-refractivity contribution in [1.82, 2.24) is 5.16 Å². The minimum absolute atomic E-state index is 0.321. The normalized spacial score (nSPS) is 11.2. The van der Waals surface area contributed by atoms with Crippen LogP contribution in [-0.2, 0) is 11.3 Å². The molecule has 20 heavy (non-hydrogen) atoms. The molecule has 0 aliphatic heterocycles. The lowest BCUT2D eigenvalue weighted by molar-refractivity contribution is 0.0973. The van der Waals surface area contributed by atoms with Crippen molar-refractivity contribution in [3.05, 3.63) is 29.7 Å². The third-order valence-electron chi connectivity index (χ3n) is 3.09. The highest BCUT2D eigenvalue weighted by atomic mass is 16.5. The number of nitrogens with zero attached hydrogens (tertiary/aromatic N) is 1. The zero-order valence-electron chi connectivity index (χ0n) is 12.3. The van der Waals surface area contributed by atoms with Crippen molar-refractivity contribution in [2.45, 2.75) is 58.5 Å². The summed E-state index contributed by atoms with van der Waals surface area (Å²) in [7, 11) is 0. The van der Waals surface area contributed by atoms with Crippen LogP contribution >= 0.6 is 0 Å². The Balaban J connectivity index is 1.86. The van der Waals surface area contributed by atoms with Gasteiger partial charge in [-0.1, -0.05) is 43.0 Å². The van der Waals surface area contributed by atoms with E-state index in [4.69, 9.17) is 9.26 Å². The minimum Gasteiger partial charge on any atom is -0.373 e. The fourth-order valence-electron chi connectivity index (χ4n) is 1.97. The summed E-state index contributed by atoms with van der Waals surface area (Å²) in [5.74, 6) is 0.607. The molecular formula is C16H25NO3. The Morgan fingerprint density at radius 3 is 2.65 bits per heavy atom. The van der Waals surface area contributed by atoms with E-state index in [1.165, 1.54) is 38.5 Å². The third kappa shape index (κ3) is 7.89. The Bertz CT molecular complexity index is 385. The Kier molecular flexibility index (Phi) is 9.49. The van der Waals surface area contributed by atoms with Gasteiger partial charge in [-0.05, 0) is 26.2 Å². The topological polar surface area (TPSA) is 52.3 Å². The van der Waals surface area contributed by atoms with Gasteiger partial charge in [0, 0.05) is 12.7 Å². The zero-order valence-corrected chi connectivity index (χ0v) is 12.3. The number of carbonyl (C=O) groups is 1. The first kappa shape index (κ1) is 16.6. The van der Waals surface area contributed by atoms with Crippen LogP contribution < -0.4 is 0 Å². The lowest BCUT2D eigenvalue weighted by atomic mass is 10.1. The van der Waals surface area contributed by atoms with Crippen molar-refractivity contribution in [2.24, 2.45) is 0 Å². The van der Waals surface area contributed by atoms with Crippen molar-refractivity contribution in [1.29, 1.82) is 0 Å². The van der Waals surface area contributed by atoms with Crippen molar-refractivity contribution in [3.8, 4) is 0 Å². The number of aromatic nitrogens is 1. The first-order valence-corrected chi connectivity index (χ1v) is 7.46. The monoisotopic (exact) mass is 279 g/mol. The minimum atomic E-state index is 0.321. The van der Waals surface area contributed by atoms with Gasteiger partial charge in [-0.3, -0.25) is 4.79 Å². The van der Waals surface area contributed by atoms with E-state index in [0.717, 1.165) is 13.0 Å². The fraction of sp³-hybridized carbons (Fsp3) is 0.625. The number of carbonyl (C=O) groups excluding carboxylic acids is 1. The van der Waals surface area contributed by atoms with E-state index in [9.17, 15) is 4.79 Å². The number of aldehydes is 1. The van der Waals surface area contributed by atoms with Crippen LogP contribution in [0.5, 0.6) is 0 Å². The zero-order chi connectivity index (χ0) is 14.5. The number of ether oxygens (including phenoxy) is 1. The molecule has 0 saturated carbocycles.